The van der Waals surface area contributed by atoms with Gasteiger partial charge in [-0.25, -0.2) is 4.98 Å². The van der Waals surface area contributed by atoms with Crippen LogP contribution in [0.4, 0.5) is 0 Å². The molecule has 2 nitrogen and oxygen atoms in total. The van der Waals surface area contributed by atoms with E-state index in [-0.39, 0.29) is 0 Å². The molecule has 0 amide bonds. The van der Waals surface area contributed by atoms with Crippen molar-refractivity contribution in [3.05, 3.63) is 29.0 Å². The molecule has 1 aromatic heterocycles. The van der Waals surface area contributed by atoms with E-state index < -0.39 is 0 Å². The maximum atomic E-state index is 5.94. The van der Waals surface area contributed by atoms with Crippen LogP contribution in [0.1, 0.15) is 45.6 Å². The first-order valence-corrected chi connectivity index (χ1v) is 7.16. The van der Waals surface area contributed by atoms with Crippen molar-refractivity contribution < 1.29 is 0 Å². The Balaban J connectivity index is 2.00. The molecule has 2 heterocycles. The highest BCUT2D eigenvalue weighted by atomic mass is 35.5. The molecule has 1 aliphatic rings. The van der Waals surface area contributed by atoms with Crippen molar-refractivity contribution in [3.8, 4) is 0 Å². The van der Waals surface area contributed by atoms with Crippen LogP contribution in [-0.4, -0.2) is 22.5 Å². The van der Waals surface area contributed by atoms with Crippen LogP contribution < -0.4 is 0 Å². The normalized spacial score (nSPS) is 21.4. The number of hydrogen-bond acceptors (Lipinski definition) is 2. The van der Waals surface area contributed by atoms with Gasteiger partial charge < -0.3 is 0 Å². The lowest BCUT2D eigenvalue weighted by atomic mass is 9.87. The standard InChI is InChI=1S/C15H23ClN2/c1-15(2,3)10-13-5-4-8-18(13)11-12-6-7-17-14(16)9-12/h6-7,9,13H,4-5,8,10-11H2,1-3H3. The molecule has 3 heteroatoms. The van der Waals surface area contributed by atoms with E-state index in [4.69, 9.17) is 11.6 Å². The van der Waals surface area contributed by atoms with Gasteiger partial charge in [-0.2, -0.15) is 0 Å². The average Bonchev–Trinajstić information content (AvgIpc) is 2.63. The van der Waals surface area contributed by atoms with Crippen LogP contribution in [0.2, 0.25) is 5.15 Å². The monoisotopic (exact) mass is 266 g/mol. The third kappa shape index (κ3) is 3.96. The Morgan fingerprint density at radius 3 is 2.89 bits per heavy atom. The topological polar surface area (TPSA) is 16.1 Å². The van der Waals surface area contributed by atoms with E-state index in [0.29, 0.717) is 10.6 Å². The molecule has 0 aromatic carbocycles. The Kier molecular flexibility index (Phi) is 4.29. The third-order valence-electron chi connectivity index (χ3n) is 3.52. The molecule has 0 bridgehead atoms. The van der Waals surface area contributed by atoms with Crippen LogP contribution >= 0.6 is 11.6 Å². The predicted octanol–water partition coefficient (Wildman–Crippen LogP) is 4.14. The lowest BCUT2D eigenvalue weighted by Crippen LogP contribution is -2.32. The zero-order chi connectivity index (χ0) is 13.2. The highest BCUT2D eigenvalue weighted by Gasteiger charge is 2.28. The van der Waals surface area contributed by atoms with Crippen molar-refractivity contribution in [2.24, 2.45) is 5.41 Å². The summed E-state index contributed by atoms with van der Waals surface area (Å²) in [5, 5.41) is 0.596. The van der Waals surface area contributed by atoms with Gasteiger partial charge in [-0.05, 0) is 48.9 Å². The molecule has 1 aliphatic heterocycles. The van der Waals surface area contributed by atoms with Crippen LogP contribution in [0.5, 0.6) is 0 Å². The van der Waals surface area contributed by atoms with Gasteiger partial charge in [0.1, 0.15) is 5.15 Å². The number of hydrogen-bond donors (Lipinski definition) is 0. The zero-order valence-corrected chi connectivity index (χ0v) is 12.4. The van der Waals surface area contributed by atoms with Gasteiger partial charge in [0.15, 0.2) is 0 Å². The highest BCUT2D eigenvalue weighted by Crippen LogP contribution is 2.30. The second-order valence-corrected chi connectivity index (χ2v) is 6.91. The summed E-state index contributed by atoms with van der Waals surface area (Å²) < 4.78 is 0. The molecule has 1 atom stereocenters. The zero-order valence-electron chi connectivity index (χ0n) is 11.6. The van der Waals surface area contributed by atoms with Crippen LogP contribution in [0, 0.1) is 5.41 Å². The lowest BCUT2D eigenvalue weighted by molar-refractivity contribution is 0.185. The van der Waals surface area contributed by atoms with E-state index >= 15 is 0 Å². The minimum absolute atomic E-state index is 0.406. The largest absolute Gasteiger partial charge is 0.296 e. The fraction of sp³-hybridized carbons (Fsp3) is 0.667. The smallest absolute Gasteiger partial charge is 0.129 e. The minimum Gasteiger partial charge on any atom is -0.296 e. The van der Waals surface area contributed by atoms with E-state index in [1.165, 1.54) is 31.4 Å². The van der Waals surface area contributed by atoms with Crippen molar-refractivity contribution in [2.75, 3.05) is 6.54 Å². The molecule has 0 aliphatic carbocycles. The van der Waals surface area contributed by atoms with Gasteiger partial charge in [0, 0.05) is 18.8 Å². The van der Waals surface area contributed by atoms with Gasteiger partial charge in [0.25, 0.3) is 0 Å². The summed E-state index contributed by atoms with van der Waals surface area (Å²) >= 11 is 5.94. The summed E-state index contributed by atoms with van der Waals surface area (Å²) in [6.07, 6.45) is 5.72. The van der Waals surface area contributed by atoms with Crippen LogP contribution in [0.25, 0.3) is 0 Å². The van der Waals surface area contributed by atoms with E-state index in [0.717, 1.165) is 12.6 Å². The summed E-state index contributed by atoms with van der Waals surface area (Å²) in [7, 11) is 0. The van der Waals surface area contributed by atoms with Gasteiger partial charge >= 0.3 is 0 Å². The summed E-state index contributed by atoms with van der Waals surface area (Å²) in [4.78, 5) is 6.63. The van der Waals surface area contributed by atoms with Crippen molar-refractivity contribution in [3.63, 3.8) is 0 Å². The molecule has 1 fully saturated rings. The first-order valence-electron chi connectivity index (χ1n) is 6.78. The average molecular weight is 267 g/mol. The lowest BCUT2D eigenvalue weighted by Gasteiger charge is -2.30. The summed E-state index contributed by atoms with van der Waals surface area (Å²) in [5.41, 5.74) is 1.68. The fourth-order valence-electron chi connectivity index (χ4n) is 2.82. The first kappa shape index (κ1) is 13.8. The van der Waals surface area contributed by atoms with Crippen molar-refractivity contribution in [2.45, 2.75) is 52.6 Å². The summed E-state index contributed by atoms with van der Waals surface area (Å²) in [6, 6.07) is 4.77. The summed E-state index contributed by atoms with van der Waals surface area (Å²) in [6.45, 7) is 9.19. The first-order chi connectivity index (χ1) is 8.44. The third-order valence-corrected chi connectivity index (χ3v) is 3.73. The minimum atomic E-state index is 0.406. The molecule has 0 N–H and O–H groups in total. The number of likely N-dealkylation sites (tertiary alicyclic amines) is 1. The molecule has 1 unspecified atom stereocenters. The maximum Gasteiger partial charge on any atom is 0.129 e. The van der Waals surface area contributed by atoms with Gasteiger partial charge in [-0.1, -0.05) is 32.4 Å². The molecular weight excluding hydrogens is 244 g/mol. The fourth-order valence-corrected chi connectivity index (χ4v) is 3.01. The number of pyridine rings is 1. The van der Waals surface area contributed by atoms with Crippen LogP contribution in [0.3, 0.4) is 0 Å². The van der Waals surface area contributed by atoms with Crippen LogP contribution in [-0.2, 0) is 6.54 Å². The molecule has 100 valence electrons. The molecule has 2 rings (SSSR count). The molecule has 0 saturated carbocycles. The van der Waals surface area contributed by atoms with Gasteiger partial charge in [0.2, 0.25) is 0 Å². The predicted molar refractivity (Wildman–Crippen MR) is 76.8 cm³/mol. The van der Waals surface area contributed by atoms with Crippen molar-refractivity contribution in [1.29, 1.82) is 0 Å². The molecule has 0 spiro atoms. The molecule has 1 saturated heterocycles. The Hall–Kier alpha value is -0.600. The van der Waals surface area contributed by atoms with Crippen LogP contribution in [0.15, 0.2) is 18.3 Å². The van der Waals surface area contributed by atoms with E-state index in [9.17, 15) is 0 Å². The van der Waals surface area contributed by atoms with E-state index in [2.05, 4.69) is 36.7 Å². The second kappa shape index (κ2) is 5.58. The van der Waals surface area contributed by atoms with Gasteiger partial charge in [0.05, 0.1) is 0 Å². The second-order valence-electron chi connectivity index (χ2n) is 6.52. The van der Waals surface area contributed by atoms with E-state index in [1.54, 1.807) is 6.20 Å². The van der Waals surface area contributed by atoms with E-state index in [1.807, 2.05) is 6.07 Å². The Morgan fingerprint density at radius 2 is 2.22 bits per heavy atom. The van der Waals surface area contributed by atoms with Gasteiger partial charge in [-0.3, -0.25) is 4.90 Å². The maximum absolute atomic E-state index is 5.94. The van der Waals surface area contributed by atoms with Crippen molar-refractivity contribution in [1.82, 2.24) is 9.88 Å². The highest BCUT2D eigenvalue weighted by molar-refractivity contribution is 6.29. The number of halogens is 1. The summed E-state index contributed by atoms with van der Waals surface area (Å²) in [5.74, 6) is 0. The molecule has 18 heavy (non-hydrogen) atoms. The molecular formula is C15H23ClN2. The molecule has 1 aromatic rings. The SMILES string of the molecule is CC(C)(C)CC1CCCN1Cc1ccnc(Cl)c1. The molecule has 0 radical (unpaired) electrons. The quantitative estimate of drug-likeness (QED) is 0.765. The number of nitrogens with zero attached hydrogens (tertiary/aromatic N) is 2. The van der Waals surface area contributed by atoms with Crippen molar-refractivity contribution >= 4 is 11.6 Å². The Bertz CT molecular complexity index is 398. The Labute approximate surface area is 115 Å². The number of rotatable bonds is 3. The Morgan fingerprint density at radius 1 is 1.44 bits per heavy atom. The number of aromatic nitrogens is 1. The van der Waals surface area contributed by atoms with Gasteiger partial charge in [-0.15, -0.1) is 0 Å².